The first kappa shape index (κ1) is 11.0. The molecule has 18 heavy (non-hydrogen) atoms. The first-order chi connectivity index (χ1) is 8.70. The molecule has 0 aliphatic heterocycles. The Morgan fingerprint density at radius 2 is 1.67 bits per heavy atom. The summed E-state index contributed by atoms with van der Waals surface area (Å²) in [5, 5.41) is 9.06. The van der Waals surface area contributed by atoms with Crippen molar-refractivity contribution in [3.05, 3.63) is 21.9 Å². The van der Waals surface area contributed by atoms with Crippen LogP contribution in [0.2, 0.25) is 0 Å². The molecule has 0 saturated heterocycles. The van der Waals surface area contributed by atoms with Crippen molar-refractivity contribution < 1.29 is 9.90 Å². The Balaban J connectivity index is 1.66. The topological polar surface area (TPSA) is 37.3 Å². The van der Waals surface area contributed by atoms with Crippen molar-refractivity contribution in [3.63, 3.8) is 0 Å². The number of hydrogen-bond donors (Lipinski definition) is 1. The summed E-state index contributed by atoms with van der Waals surface area (Å²) < 4.78 is 0. The van der Waals surface area contributed by atoms with E-state index in [1.165, 1.54) is 48.3 Å². The molecule has 4 aliphatic carbocycles. The summed E-state index contributed by atoms with van der Waals surface area (Å²) in [7, 11) is 0. The van der Waals surface area contributed by atoms with Gasteiger partial charge >= 0.3 is 5.97 Å². The number of hydrogen-bond acceptors (Lipinski definition) is 2. The highest BCUT2D eigenvalue weighted by Crippen LogP contribution is 2.60. The molecule has 96 valence electrons. The second-order valence-electron chi connectivity index (χ2n) is 6.46. The van der Waals surface area contributed by atoms with Crippen molar-refractivity contribution in [2.45, 2.75) is 38.0 Å². The summed E-state index contributed by atoms with van der Waals surface area (Å²) in [5.74, 6) is 3.58. The van der Waals surface area contributed by atoms with Crippen molar-refractivity contribution in [2.24, 2.45) is 23.7 Å². The number of carboxylic acids is 1. The second kappa shape index (κ2) is 3.83. The molecule has 5 rings (SSSR count). The van der Waals surface area contributed by atoms with E-state index in [0.717, 1.165) is 23.7 Å². The highest BCUT2D eigenvalue weighted by molar-refractivity contribution is 7.14. The van der Waals surface area contributed by atoms with E-state index < -0.39 is 5.97 Å². The molecule has 4 bridgehead atoms. The van der Waals surface area contributed by atoms with E-state index in [9.17, 15) is 4.79 Å². The van der Waals surface area contributed by atoms with Gasteiger partial charge in [-0.05, 0) is 73.8 Å². The summed E-state index contributed by atoms with van der Waals surface area (Å²) in [4.78, 5) is 12.9. The van der Waals surface area contributed by atoms with Gasteiger partial charge < -0.3 is 5.11 Å². The van der Waals surface area contributed by atoms with Gasteiger partial charge in [-0.3, -0.25) is 0 Å². The van der Waals surface area contributed by atoms with Crippen LogP contribution in [0.3, 0.4) is 0 Å². The van der Waals surface area contributed by atoms with Gasteiger partial charge in [0.05, 0.1) is 0 Å². The molecule has 4 aliphatic rings. The first-order valence-corrected chi connectivity index (χ1v) is 7.85. The molecule has 1 heterocycles. The normalized spacial score (nSPS) is 41.2. The lowest BCUT2D eigenvalue weighted by atomic mass is 9.51. The Labute approximate surface area is 111 Å². The molecular formula is C15H18O2S. The maximum absolute atomic E-state index is 11.0. The van der Waals surface area contributed by atoms with Gasteiger partial charge in [-0.25, -0.2) is 4.79 Å². The molecule has 0 unspecified atom stereocenters. The number of carboxylic acid groups (broad SMARTS) is 1. The SMILES string of the molecule is O=C(O)c1ccc(C2C3CC4CC(C3)CC2C4)s1. The zero-order valence-electron chi connectivity index (χ0n) is 10.3. The highest BCUT2D eigenvalue weighted by atomic mass is 32.1. The van der Waals surface area contributed by atoms with Crippen LogP contribution in [-0.4, -0.2) is 11.1 Å². The van der Waals surface area contributed by atoms with Gasteiger partial charge in [0, 0.05) is 4.88 Å². The lowest BCUT2D eigenvalue weighted by molar-refractivity contribution is -0.00161. The Morgan fingerprint density at radius 3 is 2.17 bits per heavy atom. The van der Waals surface area contributed by atoms with E-state index >= 15 is 0 Å². The van der Waals surface area contributed by atoms with Gasteiger partial charge in [-0.15, -0.1) is 11.3 Å². The summed E-state index contributed by atoms with van der Waals surface area (Å²) in [6, 6.07) is 3.88. The maximum atomic E-state index is 11.0. The van der Waals surface area contributed by atoms with Crippen LogP contribution in [0.5, 0.6) is 0 Å². The van der Waals surface area contributed by atoms with E-state index in [0.29, 0.717) is 10.8 Å². The molecular weight excluding hydrogens is 244 g/mol. The summed E-state index contributed by atoms with van der Waals surface area (Å²) in [6.07, 6.45) is 7.08. The fourth-order valence-corrected chi connectivity index (χ4v) is 6.17. The lowest BCUT2D eigenvalue weighted by Gasteiger charge is -2.54. The van der Waals surface area contributed by atoms with Crippen LogP contribution in [-0.2, 0) is 0 Å². The number of carbonyl (C=O) groups is 1. The van der Waals surface area contributed by atoms with Crippen LogP contribution < -0.4 is 0 Å². The van der Waals surface area contributed by atoms with Crippen molar-refractivity contribution >= 4 is 17.3 Å². The minimum Gasteiger partial charge on any atom is -0.477 e. The van der Waals surface area contributed by atoms with E-state index in [1.807, 2.05) is 0 Å². The molecule has 0 radical (unpaired) electrons. The van der Waals surface area contributed by atoms with Gasteiger partial charge in [0.15, 0.2) is 0 Å². The Kier molecular flexibility index (Phi) is 2.35. The number of thiophene rings is 1. The zero-order valence-corrected chi connectivity index (χ0v) is 11.2. The first-order valence-electron chi connectivity index (χ1n) is 7.03. The maximum Gasteiger partial charge on any atom is 0.345 e. The Morgan fingerprint density at radius 1 is 1.06 bits per heavy atom. The largest absolute Gasteiger partial charge is 0.477 e. The van der Waals surface area contributed by atoms with Gasteiger partial charge in [0.2, 0.25) is 0 Å². The molecule has 0 aromatic carbocycles. The molecule has 4 fully saturated rings. The minimum atomic E-state index is -0.768. The monoisotopic (exact) mass is 262 g/mol. The molecule has 4 saturated carbocycles. The Hall–Kier alpha value is -0.830. The quantitative estimate of drug-likeness (QED) is 0.875. The number of rotatable bonds is 2. The van der Waals surface area contributed by atoms with Crippen LogP contribution in [0.25, 0.3) is 0 Å². The molecule has 3 heteroatoms. The smallest absolute Gasteiger partial charge is 0.345 e. The van der Waals surface area contributed by atoms with Crippen molar-refractivity contribution in [1.82, 2.24) is 0 Å². The highest BCUT2D eigenvalue weighted by Gasteiger charge is 2.48. The van der Waals surface area contributed by atoms with E-state index in [4.69, 9.17) is 5.11 Å². The molecule has 0 atom stereocenters. The molecule has 1 aromatic heterocycles. The van der Waals surface area contributed by atoms with Gasteiger partial charge in [0.25, 0.3) is 0 Å². The van der Waals surface area contributed by atoms with Gasteiger partial charge in [-0.1, -0.05) is 0 Å². The fraction of sp³-hybridized carbons (Fsp3) is 0.667. The van der Waals surface area contributed by atoms with E-state index in [-0.39, 0.29) is 0 Å². The fourth-order valence-electron chi connectivity index (χ4n) is 5.04. The molecule has 2 nitrogen and oxygen atoms in total. The molecule has 1 N–H and O–H groups in total. The average molecular weight is 262 g/mol. The zero-order chi connectivity index (χ0) is 12.3. The van der Waals surface area contributed by atoms with Crippen molar-refractivity contribution in [2.75, 3.05) is 0 Å². The van der Waals surface area contributed by atoms with Crippen LogP contribution in [0.1, 0.15) is 52.6 Å². The summed E-state index contributed by atoms with van der Waals surface area (Å²) >= 11 is 1.52. The van der Waals surface area contributed by atoms with Crippen LogP contribution in [0.4, 0.5) is 0 Å². The van der Waals surface area contributed by atoms with Crippen LogP contribution in [0.15, 0.2) is 12.1 Å². The summed E-state index contributed by atoms with van der Waals surface area (Å²) in [5.41, 5.74) is 0. The van der Waals surface area contributed by atoms with E-state index in [1.54, 1.807) is 6.07 Å². The Bertz CT molecular complexity index is 462. The second-order valence-corrected chi connectivity index (χ2v) is 7.58. The molecule has 0 spiro atoms. The van der Waals surface area contributed by atoms with Gasteiger partial charge in [-0.2, -0.15) is 0 Å². The lowest BCUT2D eigenvalue weighted by Crippen LogP contribution is -2.43. The van der Waals surface area contributed by atoms with Crippen molar-refractivity contribution in [3.8, 4) is 0 Å². The van der Waals surface area contributed by atoms with Gasteiger partial charge in [0.1, 0.15) is 4.88 Å². The average Bonchev–Trinajstić information content (AvgIpc) is 2.77. The van der Waals surface area contributed by atoms with Crippen molar-refractivity contribution in [1.29, 1.82) is 0 Å². The third kappa shape index (κ3) is 1.56. The number of aromatic carboxylic acids is 1. The molecule has 0 amide bonds. The predicted molar refractivity (Wildman–Crippen MR) is 71.1 cm³/mol. The minimum absolute atomic E-state index is 0.513. The molecule has 1 aromatic rings. The van der Waals surface area contributed by atoms with E-state index in [2.05, 4.69) is 6.07 Å². The standard InChI is InChI=1S/C15H18O2S/c16-15(17)13-2-1-12(18-13)14-10-4-8-3-9(6-10)7-11(14)5-8/h1-2,8-11,14H,3-7H2,(H,16,17). The third-order valence-electron chi connectivity index (χ3n) is 5.39. The van der Waals surface area contributed by atoms with Crippen LogP contribution >= 0.6 is 11.3 Å². The third-order valence-corrected chi connectivity index (χ3v) is 6.57. The predicted octanol–water partition coefficient (Wildman–Crippen LogP) is 3.99. The van der Waals surface area contributed by atoms with Crippen LogP contribution in [0, 0.1) is 23.7 Å². The summed E-state index contributed by atoms with van der Waals surface area (Å²) in [6.45, 7) is 0.